The minimum absolute atomic E-state index is 0.293. The van der Waals surface area contributed by atoms with Crippen molar-refractivity contribution in [3.05, 3.63) is 24.0 Å². The Hall–Kier alpha value is -1.98. The summed E-state index contributed by atoms with van der Waals surface area (Å²) in [5.74, 6) is 0.0936. The summed E-state index contributed by atoms with van der Waals surface area (Å²) in [7, 11) is 0. The van der Waals surface area contributed by atoms with E-state index in [1.54, 1.807) is 10.7 Å². The number of hydrogen-bond donors (Lipinski definition) is 1. The highest BCUT2D eigenvalue weighted by Crippen LogP contribution is 2.50. The third kappa shape index (κ3) is 2.18. The maximum Gasteiger partial charge on any atom is 0.185 e. The molecule has 1 aromatic heterocycles. The lowest BCUT2D eigenvalue weighted by Crippen LogP contribution is -2.13. The van der Waals surface area contributed by atoms with Crippen molar-refractivity contribution in [1.29, 1.82) is 0 Å². The van der Waals surface area contributed by atoms with E-state index < -0.39 is 0 Å². The molecule has 1 fully saturated rings. The first-order valence-electron chi connectivity index (χ1n) is 6.45. The molecule has 0 atom stereocenters. The highest BCUT2D eigenvalue weighted by atomic mass is 19.1. The Kier molecular flexibility index (Phi) is 2.73. The van der Waals surface area contributed by atoms with Crippen molar-refractivity contribution >= 4 is 5.69 Å². The van der Waals surface area contributed by atoms with Crippen LogP contribution in [0.15, 0.2) is 18.2 Å². The molecular formula is C13H16FN5. The zero-order valence-electron chi connectivity index (χ0n) is 10.8. The van der Waals surface area contributed by atoms with Crippen LogP contribution in [0, 0.1) is 11.2 Å². The summed E-state index contributed by atoms with van der Waals surface area (Å²) in [6.45, 7) is 2.90. The van der Waals surface area contributed by atoms with Crippen molar-refractivity contribution in [2.45, 2.75) is 32.7 Å². The first-order chi connectivity index (χ1) is 9.13. The summed E-state index contributed by atoms with van der Waals surface area (Å²) < 4.78 is 15.6. The van der Waals surface area contributed by atoms with Gasteiger partial charge in [0.05, 0.1) is 12.1 Å². The summed E-state index contributed by atoms with van der Waals surface area (Å²) in [5.41, 5.74) is 6.86. The van der Waals surface area contributed by atoms with E-state index in [4.69, 9.17) is 5.73 Å². The van der Waals surface area contributed by atoms with Crippen molar-refractivity contribution in [3.63, 3.8) is 0 Å². The minimum Gasteiger partial charge on any atom is -0.399 e. The molecule has 2 N–H and O–H groups in total. The van der Waals surface area contributed by atoms with Crippen LogP contribution in [0.3, 0.4) is 0 Å². The van der Waals surface area contributed by atoms with Gasteiger partial charge in [0, 0.05) is 5.69 Å². The van der Waals surface area contributed by atoms with E-state index in [2.05, 4.69) is 22.4 Å². The van der Waals surface area contributed by atoms with Gasteiger partial charge in [-0.2, -0.15) is 0 Å². The molecule has 0 amide bonds. The molecule has 100 valence electrons. The predicted molar refractivity (Wildman–Crippen MR) is 69.6 cm³/mol. The number of nitrogens with two attached hydrogens (primary N) is 1. The molecule has 0 aliphatic heterocycles. The van der Waals surface area contributed by atoms with Gasteiger partial charge >= 0.3 is 0 Å². The molecule has 1 heterocycles. The average molecular weight is 261 g/mol. The number of nitrogens with zero attached hydrogens (tertiary/aromatic N) is 4. The topological polar surface area (TPSA) is 69.6 Å². The van der Waals surface area contributed by atoms with Crippen LogP contribution in [0.25, 0.3) is 11.4 Å². The summed E-state index contributed by atoms with van der Waals surface area (Å²) in [5, 5.41) is 11.6. The van der Waals surface area contributed by atoms with Crippen molar-refractivity contribution in [1.82, 2.24) is 20.2 Å². The van der Waals surface area contributed by atoms with E-state index in [0.717, 1.165) is 13.0 Å². The van der Waals surface area contributed by atoms with Crippen LogP contribution >= 0.6 is 0 Å². The van der Waals surface area contributed by atoms with Crippen LogP contribution < -0.4 is 5.73 Å². The van der Waals surface area contributed by atoms with Crippen molar-refractivity contribution in [2.24, 2.45) is 5.41 Å². The second-order valence-corrected chi connectivity index (χ2v) is 5.25. The average Bonchev–Trinajstić information content (AvgIpc) is 3.03. The number of nitrogen functional groups attached to an aromatic ring is 1. The van der Waals surface area contributed by atoms with Crippen LogP contribution in [-0.2, 0) is 6.54 Å². The van der Waals surface area contributed by atoms with Gasteiger partial charge in [-0.05, 0) is 53.3 Å². The fourth-order valence-electron chi connectivity index (χ4n) is 2.34. The monoisotopic (exact) mass is 261 g/mol. The SMILES string of the molecule is CCC1(Cn2nnnc2-c2cc(N)ccc2F)CC1. The number of hydrogen-bond acceptors (Lipinski definition) is 4. The Labute approximate surface area is 110 Å². The van der Waals surface area contributed by atoms with Gasteiger partial charge < -0.3 is 5.73 Å². The van der Waals surface area contributed by atoms with Crippen LogP contribution in [0.5, 0.6) is 0 Å². The second kappa shape index (κ2) is 4.29. The fourth-order valence-corrected chi connectivity index (χ4v) is 2.34. The molecule has 5 nitrogen and oxygen atoms in total. The third-order valence-corrected chi connectivity index (χ3v) is 3.96. The summed E-state index contributed by atoms with van der Waals surface area (Å²) in [6.07, 6.45) is 3.45. The molecule has 0 saturated heterocycles. The largest absolute Gasteiger partial charge is 0.399 e. The van der Waals surface area contributed by atoms with Crippen LogP contribution in [-0.4, -0.2) is 20.2 Å². The standard InChI is InChI=1S/C13H16FN5/c1-2-13(5-6-13)8-19-12(16-17-18-19)10-7-9(15)3-4-11(10)14/h3-4,7H,2,5-6,8,15H2,1H3. The molecule has 2 aromatic rings. The molecule has 1 aliphatic carbocycles. The molecule has 0 unspecified atom stereocenters. The lowest BCUT2D eigenvalue weighted by molar-refractivity contribution is 0.382. The molecule has 19 heavy (non-hydrogen) atoms. The van der Waals surface area contributed by atoms with Gasteiger partial charge in [-0.25, -0.2) is 9.07 Å². The van der Waals surface area contributed by atoms with E-state index in [-0.39, 0.29) is 5.82 Å². The molecular weight excluding hydrogens is 245 g/mol. The number of benzene rings is 1. The molecule has 6 heteroatoms. The van der Waals surface area contributed by atoms with Crippen molar-refractivity contribution in [2.75, 3.05) is 5.73 Å². The van der Waals surface area contributed by atoms with Gasteiger partial charge in [0.1, 0.15) is 5.82 Å². The van der Waals surface area contributed by atoms with Gasteiger partial charge in [-0.3, -0.25) is 0 Å². The lowest BCUT2D eigenvalue weighted by atomic mass is 10.0. The van der Waals surface area contributed by atoms with E-state index in [1.165, 1.54) is 25.0 Å². The summed E-state index contributed by atoms with van der Waals surface area (Å²) >= 11 is 0. The van der Waals surface area contributed by atoms with Gasteiger partial charge in [-0.15, -0.1) is 5.10 Å². The van der Waals surface area contributed by atoms with Crippen LogP contribution in [0.4, 0.5) is 10.1 Å². The number of halogens is 1. The predicted octanol–water partition coefficient (Wildman–Crippen LogP) is 2.25. The molecule has 1 saturated carbocycles. The van der Waals surface area contributed by atoms with Crippen molar-refractivity contribution in [3.8, 4) is 11.4 Å². The summed E-state index contributed by atoms with van der Waals surface area (Å²) in [4.78, 5) is 0. The number of tetrazole rings is 1. The zero-order valence-corrected chi connectivity index (χ0v) is 10.8. The quantitative estimate of drug-likeness (QED) is 0.857. The number of aromatic nitrogens is 4. The number of anilines is 1. The highest BCUT2D eigenvalue weighted by molar-refractivity contribution is 5.61. The molecule has 1 aromatic carbocycles. The smallest absolute Gasteiger partial charge is 0.185 e. The highest BCUT2D eigenvalue weighted by Gasteiger charge is 2.41. The van der Waals surface area contributed by atoms with Gasteiger partial charge in [0.2, 0.25) is 0 Å². The molecule has 0 bridgehead atoms. The summed E-state index contributed by atoms with van der Waals surface area (Å²) in [6, 6.07) is 4.45. The Morgan fingerprint density at radius 1 is 1.42 bits per heavy atom. The minimum atomic E-state index is -0.355. The molecule has 1 aliphatic rings. The van der Waals surface area contributed by atoms with Crippen LogP contribution in [0.2, 0.25) is 0 Å². The van der Waals surface area contributed by atoms with E-state index in [0.29, 0.717) is 22.5 Å². The maximum absolute atomic E-state index is 13.9. The Bertz CT molecular complexity index is 603. The van der Waals surface area contributed by atoms with E-state index in [9.17, 15) is 4.39 Å². The van der Waals surface area contributed by atoms with Gasteiger partial charge in [-0.1, -0.05) is 6.92 Å². The van der Waals surface area contributed by atoms with Gasteiger partial charge in [0.15, 0.2) is 5.82 Å². The van der Waals surface area contributed by atoms with Crippen LogP contribution in [0.1, 0.15) is 26.2 Å². The lowest BCUT2D eigenvalue weighted by Gasteiger charge is -2.13. The third-order valence-electron chi connectivity index (χ3n) is 3.96. The maximum atomic E-state index is 13.9. The Morgan fingerprint density at radius 2 is 2.21 bits per heavy atom. The Morgan fingerprint density at radius 3 is 2.89 bits per heavy atom. The molecule has 0 spiro atoms. The van der Waals surface area contributed by atoms with Gasteiger partial charge in [0.25, 0.3) is 0 Å². The van der Waals surface area contributed by atoms with Crippen molar-refractivity contribution < 1.29 is 4.39 Å². The van der Waals surface area contributed by atoms with E-state index >= 15 is 0 Å². The molecule has 0 radical (unpaired) electrons. The number of rotatable bonds is 4. The first-order valence-corrected chi connectivity index (χ1v) is 6.45. The first kappa shape index (κ1) is 12.1. The second-order valence-electron chi connectivity index (χ2n) is 5.25. The zero-order chi connectivity index (χ0) is 13.5. The fraction of sp³-hybridized carbons (Fsp3) is 0.462. The molecule has 3 rings (SSSR count). The Balaban J connectivity index is 1.97. The normalized spacial score (nSPS) is 16.5. The van der Waals surface area contributed by atoms with E-state index in [1.807, 2.05) is 0 Å².